The van der Waals surface area contributed by atoms with Crippen LogP contribution in [0.15, 0.2) is 0 Å². The minimum Gasteiger partial charge on any atom is -0.465 e. The smallest absolute Gasteiger partial charge is 0.319 e. The van der Waals surface area contributed by atoms with Gasteiger partial charge in [0.25, 0.3) is 0 Å². The second kappa shape index (κ2) is 6.98. The highest BCUT2D eigenvalue weighted by Gasteiger charge is 2.38. The van der Waals surface area contributed by atoms with E-state index in [1.165, 1.54) is 0 Å². The van der Waals surface area contributed by atoms with Crippen molar-refractivity contribution in [2.75, 3.05) is 39.5 Å². The van der Waals surface area contributed by atoms with Gasteiger partial charge in [0, 0.05) is 13.1 Å². The lowest BCUT2D eigenvalue weighted by Crippen LogP contribution is -2.49. The molecule has 0 aromatic heterocycles. The second-order valence-electron chi connectivity index (χ2n) is 5.18. The van der Waals surface area contributed by atoms with Crippen LogP contribution in [0.5, 0.6) is 0 Å². The maximum Gasteiger partial charge on any atom is 0.319 e. The normalized spacial score (nSPS) is 21.2. The molecule has 0 radical (unpaired) electrons. The fourth-order valence-electron chi connectivity index (χ4n) is 1.86. The third-order valence-electron chi connectivity index (χ3n) is 3.28. The largest absolute Gasteiger partial charge is 0.465 e. The molecule has 0 amide bonds. The number of carbonyl (C=O) groups excluding carboxylic acids is 2. The zero-order valence-electron chi connectivity index (χ0n) is 11.8. The van der Waals surface area contributed by atoms with Crippen molar-refractivity contribution in [1.82, 2.24) is 4.90 Å². The van der Waals surface area contributed by atoms with Gasteiger partial charge in [-0.3, -0.25) is 14.5 Å². The zero-order chi connectivity index (χ0) is 14.5. The predicted molar refractivity (Wildman–Crippen MR) is 68.7 cm³/mol. The quantitative estimate of drug-likeness (QED) is 0.535. The highest BCUT2D eigenvalue weighted by Crippen LogP contribution is 2.20. The Bertz CT molecular complexity index is 329. The summed E-state index contributed by atoms with van der Waals surface area (Å²) in [7, 11) is 0. The molecule has 1 rings (SSSR count). The molecule has 1 aliphatic rings. The van der Waals surface area contributed by atoms with Crippen LogP contribution in [0.25, 0.3) is 0 Å². The summed E-state index contributed by atoms with van der Waals surface area (Å²) in [6, 6.07) is 0. The molecule has 0 aliphatic carbocycles. The summed E-state index contributed by atoms with van der Waals surface area (Å²) < 4.78 is 10.2. The van der Waals surface area contributed by atoms with Gasteiger partial charge in [-0.25, -0.2) is 0 Å². The number of ketones is 1. The van der Waals surface area contributed by atoms with E-state index in [1.807, 2.05) is 4.90 Å². The molecule has 1 fully saturated rings. The third-order valence-corrected chi connectivity index (χ3v) is 3.28. The van der Waals surface area contributed by atoms with Crippen LogP contribution in [0, 0.1) is 5.41 Å². The fourth-order valence-corrected chi connectivity index (χ4v) is 1.86. The van der Waals surface area contributed by atoms with Crippen LogP contribution in [-0.4, -0.2) is 67.3 Å². The summed E-state index contributed by atoms with van der Waals surface area (Å²) in [5.41, 5.74) is -1.14. The van der Waals surface area contributed by atoms with Gasteiger partial charge in [0.1, 0.15) is 5.41 Å². The summed E-state index contributed by atoms with van der Waals surface area (Å²) in [5, 5.41) is 9.05. The van der Waals surface area contributed by atoms with Crippen LogP contribution in [0.2, 0.25) is 0 Å². The van der Waals surface area contributed by atoms with E-state index < -0.39 is 11.4 Å². The van der Waals surface area contributed by atoms with Gasteiger partial charge < -0.3 is 14.6 Å². The van der Waals surface area contributed by atoms with Crippen molar-refractivity contribution in [1.29, 1.82) is 0 Å². The van der Waals surface area contributed by atoms with E-state index in [1.54, 1.807) is 20.8 Å². The van der Waals surface area contributed by atoms with Crippen LogP contribution >= 0.6 is 0 Å². The van der Waals surface area contributed by atoms with Gasteiger partial charge in [-0.2, -0.15) is 0 Å². The van der Waals surface area contributed by atoms with Crippen molar-refractivity contribution in [3.8, 4) is 0 Å². The lowest BCUT2D eigenvalue weighted by atomic mass is 9.87. The first kappa shape index (κ1) is 16.1. The summed E-state index contributed by atoms with van der Waals surface area (Å²) in [4.78, 5) is 25.8. The van der Waals surface area contributed by atoms with Crippen molar-refractivity contribution >= 4 is 11.8 Å². The molecule has 0 saturated carbocycles. The van der Waals surface area contributed by atoms with Crippen LogP contribution in [0.4, 0.5) is 0 Å². The van der Waals surface area contributed by atoms with Crippen molar-refractivity contribution in [2.24, 2.45) is 5.41 Å². The summed E-state index contributed by atoms with van der Waals surface area (Å²) in [5.74, 6) is -0.670. The Balaban J connectivity index is 2.55. The number of nitrogens with zero attached hydrogens (tertiary/aromatic N) is 1. The Morgan fingerprint density at radius 3 is 2.74 bits per heavy atom. The average molecular weight is 273 g/mol. The zero-order valence-corrected chi connectivity index (χ0v) is 11.8. The monoisotopic (exact) mass is 273 g/mol. The minimum atomic E-state index is -1.14. The Hall–Kier alpha value is -0.980. The Morgan fingerprint density at radius 1 is 1.47 bits per heavy atom. The number of carbonyl (C=O) groups is 2. The first-order valence-corrected chi connectivity index (χ1v) is 6.57. The molecular formula is C13H23NO5. The van der Waals surface area contributed by atoms with Crippen LogP contribution in [0.1, 0.15) is 20.8 Å². The van der Waals surface area contributed by atoms with E-state index in [2.05, 4.69) is 0 Å². The van der Waals surface area contributed by atoms with Gasteiger partial charge in [-0.05, 0) is 20.8 Å². The van der Waals surface area contributed by atoms with E-state index in [-0.39, 0.29) is 31.6 Å². The van der Waals surface area contributed by atoms with Crippen molar-refractivity contribution < 1.29 is 24.2 Å². The Kier molecular flexibility index (Phi) is 5.90. The Labute approximate surface area is 113 Å². The maximum absolute atomic E-state index is 12.2. The molecule has 0 aromatic rings. The van der Waals surface area contributed by atoms with Crippen LogP contribution in [0.3, 0.4) is 0 Å². The van der Waals surface area contributed by atoms with Gasteiger partial charge >= 0.3 is 5.97 Å². The highest BCUT2D eigenvalue weighted by atomic mass is 16.5. The number of hydrogen-bond acceptors (Lipinski definition) is 6. The molecule has 0 aromatic carbocycles. The molecule has 1 saturated heterocycles. The first-order valence-electron chi connectivity index (χ1n) is 6.57. The summed E-state index contributed by atoms with van der Waals surface area (Å²) in [6.45, 7) is 6.86. The molecule has 1 heterocycles. The summed E-state index contributed by atoms with van der Waals surface area (Å²) >= 11 is 0. The SMILES string of the molecule is CCOC(=O)C(C)(C)C(=O)CN1CCOC(CO)C1. The topological polar surface area (TPSA) is 76.1 Å². The molecule has 1 N–H and O–H groups in total. The van der Waals surface area contributed by atoms with Gasteiger partial charge in [-0.1, -0.05) is 0 Å². The molecular weight excluding hydrogens is 250 g/mol. The number of ether oxygens (including phenoxy) is 2. The number of rotatable bonds is 6. The minimum absolute atomic E-state index is 0.0635. The van der Waals surface area contributed by atoms with Gasteiger partial charge in [0.15, 0.2) is 5.78 Å². The molecule has 1 atom stereocenters. The van der Waals surface area contributed by atoms with Gasteiger partial charge in [-0.15, -0.1) is 0 Å². The molecule has 110 valence electrons. The molecule has 6 nitrogen and oxygen atoms in total. The number of esters is 1. The number of aliphatic hydroxyl groups is 1. The van der Waals surface area contributed by atoms with Crippen LogP contribution < -0.4 is 0 Å². The van der Waals surface area contributed by atoms with E-state index in [0.717, 1.165) is 0 Å². The van der Waals surface area contributed by atoms with E-state index in [9.17, 15) is 9.59 Å². The number of aliphatic hydroxyl groups excluding tert-OH is 1. The third kappa shape index (κ3) is 4.26. The fraction of sp³-hybridized carbons (Fsp3) is 0.846. The molecule has 6 heteroatoms. The van der Waals surface area contributed by atoms with E-state index in [4.69, 9.17) is 14.6 Å². The van der Waals surface area contributed by atoms with Gasteiger partial charge in [0.2, 0.25) is 0 Å². The van der Waals surface area contributed by atoms with E-state index >= 15 is 0 Å². The lowest BCUT2D eigenvalue weighted by molar-refractivity contribution is -0.158. The number of morpholine rings is 1. The first-order chi connectivity index (χ1) is 8.91. The standard InChI is InChI=1S/C13H23NO5/c1-4-18-12(17)13(2,3)11(16)8-14-5-6-19-10(7-14)9-15/h10,15H,4-9H2,1-3H3. The highest BCUT2D eigenvalue weighted by molar-refractivity contribution is 6.03. The van der Waals surface area contributed by atoms with Crippen LogP contribution in [-0.2, 0) is 19.1 Å². The van der Waals surface area contributed by atoms with Crippen molar-refractivity contribution in [3.05, 3.63) is 0 Å². The average Bonchev–Trinajstić information content (AvgIpc) is 2.39. The second-order valence-corrected chi connectivity index (χ2v) is 5.18. The lowest BCUT2D eigenvalue weighted by Gasteiger charge is -2.33. The molecule has 1 unspecified atom stereocenters. The number of hydrogen-bond donors (Lipinski definition) is 1. The molecule has 1 aliphatic heterocycles. The molecule has 0 spiro atoms. The molecule has 0 bridgehead atoms. The Morgan fingerprint density at radius 2 is 2.16 bits per heavy atom. The summed E-state index contributed by atoms with van der Waals surface area (Å²) in [6.07, 6.45) is -0.257. The molecule has 19 heavy (non-hydrogen) atoms. The predicted octanol–water partition coefficient (Wildman–Crippen LogP) is -0.162. The van der Waals surface area contributed by atoms with Crippen molar-refractivity contribution in [3.63, 3.8) is 0 Å². The number of Topliss-reactive ketones (excluding diaryl/α,β-unsaturated/α-hetero) is 1. The van der Waals surface area contributed by atoms with Crippen molar-refractivity contribution in [2.45, 2.75) is 26.9 Å². The maximum atomic E-state index is 12.2. The van der Waals surface area contributed by atoms with Gasteiger partial charge in [0.05, 0.1) is 32.5 Å². The van der Waals surface area contributed by atoms with E-state index in [0.29, 0.717) is 19.7 Å².